The van der Waals surface area contributed by atoms with Crippen LogP contribution in [0.3, 0.4) is 0 Å². The number of methoxy groups -OCH3 is 2. The van der Waals surface area contributed by atoms with Gasteiger partial charge in [0.15, 0.2) is 0 Å². The number of nitrogens with one attached hydrogen (secondary N) is 2. The molecule has 0 aliphatic heterocycles. The van der Waals surface area contributed by atoms with Gasteiger partial charge in [0.25, 0.3) is 0 Å². The van der Waals surface area contributed by atoms with Crippen LogP contribution in [0.2, 0.25) is 0 Å². The first kappa shape index (κ1) is 16.3. The van der Waals surface area contributed by atoms with E-state index < -0.39 is 0 Å². The highest BCUT2D eigenvalue weighted by molar-refractivity contribution is 5.79. The molecule has 2 aromatic rings. The summed E-state index contributed by atoms with van der Waals surface area (Å²) in [6.07, 6.45) is 2.37. The number of amides is 1. The number of aromatic amines is 1. The minimum atomic E-state index is -0.0328. The molecule has 1 aliphatic rings. The highest BCUT2D eigenvalue weighted by Crippen LogP contribution is 2.24. The van der Waals surface area contributed by atoms with Gasteiger partial charge in [-0.05, 0) is 25.8 Å². The van der Waals surface area contributed by atoms with Crippen molar-refractivity contribution >= 4 is 5.91 Å². The average molecular weight is 330 g/mol. The van der Waals surface area contributed by atoms with Crippen molar-refractivity contribution in [1.29, 1.82) is 0 Å². The van der Waals surface area contributed by atoms with E-state index in [1.54, 1.807) is 20.3 Å². The van der Waals surface area contributed by atoms with Crippen molar-refractivity contribution in [3.63, 3.8) is 0 Å². The largest absolute Gasteiger partial charge is 0.481 e. The molecule has 1 amide bonds. The zero-order chi connectivity index (χ0) is 17.1. The molecule has 1 aliphatic carbocycles. The number of ether oxygens (including phenoxy) is 2. The van der Waals surface area contributed by atoms with Crippen molar-refractivity contribution in [2.45, 2.75) is 32.7 Å². The maximum absolute atomic E-state index is 12.5. The van der Waals surface area contributed by atoms with Gasteiger partial charge in [-0.15, -0.1) is 0 Å². The van der Waals surface area contributed by atoms with Gasteiger partial charge < -0.3 is 19.8 Å². The summed E-state index contributed by atoms with van der Waals surface area (Å²) in [4.78, 5) is 24.4. The minimum Gasteiger partial charge on any atom is -0.481 e. The Kier molecular flexibility index (Phi) is 4.69. The number of carbonyl (C=O) groups is 1. The first-order chi connectivity index (χ1) is 11.6. The Morgan fingerprint density at radius 1 is 1.33 bits per heavy atom. The van der Waals surface area contributed by atoms with Crippen LogP contribution in [-0.2, 0) is 24.2 Å². The zero-order valence-electron chi connectivity index (χ0n) is 14.2. The Morgan fingerprint density at radius 3 is 2.92 bits per heavy atom. The smallest absolute Gasteiger partial charge is 0.223 e. The maximum atomic E-state index is 12.5. The molecule has 0 saturated carbocycles. The van der Waals surface area contributed by atoms with Gasteiger partial charge in [-0.2, -0.15) is 4.98 Å². The van der Waals surface area contributed by atoms with Gasteiger partial charge in [-0.3, -0.25) is 4.79 Å². The fourth-order valence-electron chi connectivity index (χ4n) is 3.05. The molecule has 0 spiro atoms. The molecule has 24 heavy (non-hydrogen) atoms. The van der Waals surface area contributed by atoms with Crippen LogP contribution in [0, 0.1) is 12.8 Å². The quantitative estimate of drug-likeness (QED) is 0.868. The molecule has 0 fully saturated rings. The van der Waals surface area contributed by atoms with Crippen LogP contribution in [0.5, 0.6) is 11.8 Å². The van der Waals surface area contributed by atoms with E-state index in [2.05, 4.69) is 20.3 Å². The second-order valence-electron chi connectivity index (χ2n) is 5.93. The van der Waals surface area contributed by atoms with Crippen LogP contribution in [0.15, 0.2) is 12.1 Å². The van der Waals surface area contributed by atoms with E-state index in [1.807, 2.05) is 13.0 Å². The predicted molar refractivity (Wildman–Crippen MR) is 88.0 cm³/mol. The number of hydrogen-bond acceptors (Lipinski definition) is 5. The van der Waals surface area contributed by atoms with Gasteiger partial charge in [-0.25, -0.2) is 4.98 Å². The number of aromatic nitrogens is 3. The number of carbonyl (C=O) groups excluding carboxylic acids is 1. The number of pyridine rings is 1. The fourth-order valence-corrected chi connectivity index (χ4v) is 3.05. The molecule has 1 unspecified atom stereocenters. The molecule has 2 N–H and O–H groups in total. The van der Waals surface area contributed by atoms with E-state index in [0.717, 1.165) is 35.6 Å². The van der Waals surface area contributed by atoms with Crippen LogP contribution in [-0.4, -0.2) is 35.1 Å². The highest BCUT2D eigenvalue weighted by Gasteiger charge is 2.26. The number of fused-ring (bicyclic) bond motifs is 1. The second-order valence-corrected chi connectivity index (χ2v) is 5.93. The summed E-state index contributed by atoms with van der Waals surface area (Å²) in [6, 6.07) is 3.60. The summed E-state index contributed by atoms with van der Waals surface area (Å²) < 4.78 is 10.3. The molecular formula is C17H22N4O3. The molecule has 2 heterocycles. The monoisotopic (exact) mass is 330 g/mol. The summed E-state index contributed by atoms with van der Waals surface area (Å²) in [7, 11) is 3.11. The van der Waals surface area contributed by atoms with Crippen molar-refractivity contribution < 1.29 is 14.3 Å². The van der Waals surface area contributed by atoms with E-state index in [-0.39, 0.29) is 11.8 Å². The Balaban J connectivity index is 1.62. The molecule has 1 atom stereocenters. The number of H-pyrrole nitrogens is 1. The molecule has 0 saturated heterocycles. The second kappa shape index (κ2) is 6.90. The lowest BCUT2D eigenvalue weighted by Crippen LogP contribution is -2.33. The normalized spacial score (nSPS) is 16.4. The Labute approximate surface area is 140 Å². The number of hydrogen-bond donors (Lipinski definition) is 2. The third-order valence-electron chi connectivity index (χ3n) is 4.30. The third-order valence-corrected chi connectivity index (χ3v) is 4.30. The molecule has 7 nitrogen and oxygen atoms in total. The summed E-state index contributed by atoms with van der Waals surface area (Å²) in [5.74, 6) is 1.87. The van der Waals surface area contributed by atoms with Gasteiger partial charge in [0.2, 0.25) is 17.7 Å². The van der Waals surface area contributed by atoms with Crippen molar-refractivity contribution in [3.8, 4) is 11.8 Å². The predicted octanol–water partition coefficient (Wildman–Crippen LogP) is 1.55. The average Bonchev–Trinajstić information content (AvgIpc) is 2.98. The molecule has 3 rings (SSSR count). The summed E-state index contributed by atoms with van der Waals surface area (Å²) in [5, 5.41) is 2.98. The van der Waals surface area contributed by atoms with Gasteiger partial charge in [0.1, 0.15) is 5.82 Å². The van der Waals surface area contributed by atoms with Crippen LogP contribution in [0.1, 0.15) is 29.2 Å². The van der Waals surface area contributed by atoms with Gasteiger partial charge in [0.05, 0.1) is 19.9 Å². The lowest BCUT2D eigenvalue weighted by Gasteiger charge is -2.20. The van der Waals surface area contributed by atoms with Gasteiger partial charge >= 0.3 is 0 Å². The molecular weight excluding hydrogens is 308 g/mol. The molecule has 0 aromatic carbocycles. The topological polar surface area (TPSA) is 89.1 Å². The lowest BCUT2D eigenvalue weighted by atomic mass is 9.89. The lowest BCUT2D eigenvalue weighted by molar-refractivity contribution is -0.125. The van der Waals surface area contributed by atoms with Crippen LogP contribution < -0.4 is 14.8 Å². The zero-order valence-corrected chi connectivity index (χ0v) is 14.2. The van der Waals surface area contributed by atoms with Crippen molar-refractivity contribution in [3.05, 3.63) is 34.9 Å². The van der Waals surface area contributed by atoms with Crippen molar-refractivity contribution in [1.82, 2.24) is 20.3 Å². The van der Waals surface area contributed by atoms with Gasteiger partial charge in [-0.1, -0.05) is 0 Å². The van der Waals surface area contributed by atoms with Crippen LogP contribution in [0.25, 0.3) is 0 Å². The third kappa shape index (κ3) is 3.34. The first-order valence-electron chi connectivity index (χ1n) is 8.00. The molecule has 7 heteroatoms. The van der Waals surface area contributed by atoms with E-state index in [9.17, 15) is 4.79 Å². The van der Waals surface area contributed by atoms with Crippen LogP contribution >= 0.6 is 0 Å². The summed E-state index contributed by atoms with van der Waals surface area (Å²) >= 11 is 0. The molecule has 128 valence electrons. The molecule has 2 aromatic heterocycles. The fraction of sp³-hybridized carbons (Fsp3) is 0.471. The Hall–Kier alpha value is -2.57. The minimum absolute atomic E-state index is 0.0328. The maximum Gasteiger partial charge on any atom is 0.223 e. The standard InChI is InChI=1S/C17H22N4O3/c1-10-19-13-6-4-11(8-14(13)20-10)16(22)18-9-12-5-7-15(23-2)21-17(12)24-3/h5,7,11H,4,6,8-9H2,1-3H3,(H,18,22)(H,19,20). The Morgan fingerprint density at radius 2 is 2.17 bits per heavy atom. The first-order valence-corrected chi connectivity index (χ1v) is 8.00. The number of aryl methyl sites for hydroxylation is 2. The number of nitrogens with zero attached hydrogens (tertiary/aromatic N) is 2. The summed E-state index contributed by atoms with van der Waals surface area (Å²) in [5.41, 5.74) is 3.00. The van der Waals surface area contributed by atoms with Crippen LogP contribution in [0.4, 0.5) is 0 Å². The van der Waals surface area contributed by atoms with E-state index in [1.165, 1.54) is 0 Å². The van der Waals surface area contributed by atoms with Crippen molar-refractivity contribution in [2.75, 3.05) is 14.2 Å². The Bertz CT molecular complexity index is 741. The van der Waals surface area contributed by atoms with Crippen molar-refractivity contribution in [2.24, 2.45) is 5.92 Å². The van der Waals surface area contributed by atoms with E-state index in [4.69, 9.17) is 9.47 Å². The number of imidazole rings is 1. The number of rotatable bonds is 5. The van der Waals surface area contributed by atoms with E-state index >= 15 is 0 Å². The van der Waals surface area contributed by atoms with Gasteiger partial charge in [0, 0.05) is 36.2 Å². The molecule has 0 radical (unpaired) electrons. The molecule has 0 bridgehead atoms. The SMILES string of the molecule is COc1ccc(CNC(=O)C2CCc3nc(C)[nH]c3C2)c(OC)n1. The highest BCUT2D eigenvalue weighted by atomic mass is 16.5. The summed E-state index contributed by atoms with van der Waals surface area (Å²) in [6.45, 7) is 2.32. The van der Waals surface area contributed by atoms with E-state index in [0.29, 0.717) is 24.7 Å².